The zero-order valence-electron chi connectivity index (χ0n) is 12.7. The number of nitrogens with zero attached hydrogens (tertiary/aromatic N) is 2. The molecule has 0 unspecified atom stereocenters. The van der Waals surface area contributed by atoms with Crippen molar-refractivity contribution < 1.29 is 18.5 Å². The van der Waals surface area contributed by atoms with Crippen LogP contribution in [0.15, 0.2) is 53.1 Å². The van der Waals surface area contributed by atoms with E-state index in [0.717, 1.165) is 0 Å². The quantitative estimate of drug-likeness (QED) is 0.516. The molecule has 0 N–H and O–H groups in total. The third-order valence-corrected chi connectivity index (χ3v) is 3.39. The van der Waals surface area contributed by atoms with Crippen molar-refractivity contribution in [2.45, 2.75) is 13.5 Å². The number of aromatic nitrogens is 1. The van der Waals surface area contributed by atoms with Gasteiger partial charge in [-0.3, -0.25) is 10.1 Å². The van der Waals surface area contributed by atoms with Gasteiger partial charge in [-0.25, -0.2) is 9.37 Å². The molecule has 24 heavy (non-hydrogen) atoms. The molecule has 6 nitrogen and oxygen atoms in total. The average molecular weight is 328 g/mol. The van der Waals surface area contributed by atoms with Crippen LogP contribution in [-0.2, 0) is 6.61 Å². The molecule has 0 aliphatic rings. The Balaban J connectivity index is 1.68. The zero-order chi connectivity index (χ0) is 17.1. The van der Waals surface area contributed by atoms with Gasteiger partial charge in [0.15, 0.2) is 0 Å². The molecule has 0 aliphatic heterocycles. The number of aryl methyl sites for hydroxylation is 1. The maximum atomic E-state index is 12.9. The van der Waals surface area contributed by atoms with Crippen molar-refractivity contribution in [2.75, 3.05) is 0 Å². The summed E-state index contributed by atoms with van der Waals surface area (Å²) in [7, 11) is 0. The number of hydrogen-bond donors (Lipinski definition) is 0. The van der Waals surface area contributed by atoms with Crippen LogP contribution in [0.2, 0.25) is 0 Å². The lowest BCUT2D eigenvalue weighted by molar-refractivity contribution is -0.385. The fourth-order valence-electron chi connectivity index (χ4n) is 2.18. The molecule has 0 spiro atoms. The van der Waals surface area contributed by atoms with Crippen LogP contribution in [0.4, 0.5) is 10.1 Å². The summed E-state index contributed by atoms with van der Waals surface area (Å²) in [4.78, 5) is 14.6. The molecule has 3 aromatic rings. The topological polar surface area (TPSA) is 78.4 Å². The minimum atomic E-state index is -0.439. The first-order valence-electron chi connectivity index (χ1n) is 7.11. The Kier molecular flexibility index (Phi) is 4.24. The fraction of sp³-hybridized carbons (Fsp3) is 0.118. The van der Waals surface area contributed by atoms with E-state index in [2.05, 4.69) is 4.98 Å². The van der Waals surface area contributed by atoms with Crippen LogP contribution in [0.3, 0.4) is 0 Å². The van der Waals surface area contributed by atoms with Crippen LogP contribution < -0.4 is 4.74 Å². The fourth-order valence-corrected chi connectivity index (χ4v) is 2.18. The Hall–Kier alpha value is -3.22. The molecule has 0 aliphatic carbocycles. The van der Waals surface area contributed by atoms with E-state index < -0.39 is 4.92 Å². The summed E-state index contributed by atoms with van der Waals surface area (Å²) in [5.41, 5.74) is 1.78. The summed E-state index contributed by atoms with van der Waals surface area (Å²) in [5.74, 6) is 0.542. The molecule has 0 radical (unpaired) electrons. The molecule has 0 amide bonds. The monoisotopic (exact) mass is 328 g/mol. The summed E-state index contributed by atoms with van der Waals surface area (Å²) < 4.78 is 23.8. The van der Waals surface area contributed by atoms with Crippen LogP contribution in [0.1, 0.15) is 11.3 Å². The second-order valence-corrected chi connectivity index (χ2v) is 5.14. The van der Waals surface area contributed by atoms with E-state index in [9.17, 15) is 14.5 Å². The number of hydrogen-bond acceptors (Lipinski definition) is 5. The van der Waals surface area contributed by atoms with Gasteiger partial charge in [0, 0.05) is 17.2 Å². The van der Waals surface area contributed by atoms with E-state index in [-0.39, 0.29) is 18.1 Å². The van der Waals surface area contributed by atoms with Crippen molar-refractivity contribution in [1.29, 1.82) is 0 Å². The molecular formula is C17H13FN2O4. The van der Waals surface area contributed by atoms with Crippen LogP contribution in [-0.4, -0.2) is 9.91 Å². The lowest BCUT2D eigenvalue weighted by atomic mass is 10.2. The van der Waals surface area contributed by atoms with E-state index in [0.29, 0.717) is 28.5 Å². The molecule has 7 heteroatoms. The summed E-state index contributed by atoms with van der Waals surface area (Å²) in [6.45, 7) is 1.80. The predicted octanol–water partition coefficient (Wildman–Crippen LogP) is 4.28. The Morgan fingerprint density at radius 1 is 1.25 bits per heavy atom. The maximum absolute atomic E-state index is 12.9. The van der Waals surface area contributed by atoms with E-state index >= 15 is 0 Å². The molecule has 0 atom stereocenters. The summed E-state index contributed by atoms with van der Waals surface area (Å²) in [6, 6.07) is 10.3. The lowest BCUT2D eigenvalue weighted by Gasteiger charge is -2.05. The highest BCUT2D eigenvalue weighted by atomic mass is 19.1. The van der Waals surface area contributed by atoms with Gasteiger partial charge in [-0.1, -0.05) is 0 Å². The van der Waals surface area contributed by atoms with Gasteiger partial charge < -0.3 is 9.15 Å². The van der Waals surface area contributed by atoms with Crippen molar-refractivity contribution >= 4 is 5.69 Å². The van der Waals surface area contributed by atoms with Gasteiger partial charge in [0.25, 0.3) is 5.69 Å². The SMILES string of the molecule is Cc1cc(OCc2coc(-c3ccc(F)cc3)n2)ccc1[N+](=O)[O-]. The number of rotatable bonds is 5. The first-order chi connectivity index (χ1) is 11.5. The summed E-state index contributed by atoms with van der Waals surface area (Å²) >= 11 is 0. The summed E-state index contributed by atoms with van der Waals surface area (Å²) in [5, 5.41) is 10.8. The standard InChI is InChI=1S/C17H13FN2O4/c1-11-8-15(6-7-16(11)20(21)22)23-9-14-10-24-17(19-14)12-2-4-13(18)5-3-12/h2-8,10H,9H2,1H3. The van der Waals surface area contributed by atoms with Gasteiger partial charge in [-0.05, 0) is 43.3 Å². The average Bonchev–Trinajstić information content (AvgIpc) is 3.02. The molecule has 1 aromatic heterocycles. The van der Waals surface area contributed by atoms with Gasteiger partial charge in [-0.2, -0.15) is 0 Å². The van der Waals surface area contributed by atoms with Gasteiger partial charge in [-0.15, -0.1) is 0 Å². The number of nitro groups is 1. The second-order valence-electron chi connectivity index (χ2n) is 5.14. The third kappa shape index (κ3) is 3.40. The molecular weight excluding hydrogens is 315 g/mol. The zero-order valence-corrected chi connectivity index (χ0v) is 12.7. The third-order valence-electron chi connectivity index (χ3n) is 3.39. The number of halogens is 1. The Bertz CT molecular complexity index is 875. The smallest absolute Gasteiger partial charge is 0.272 e. The maximum Gasteiger partial charge on any atom is 0.272 e. The van der Waals surface area contributed by atoms with Crippen molar-refractivity contribution in [2.24, 2.45) is 0 Å². The van der Waals surface area contributed by atoms with Gasteiger partial charge in [0.1, 0.15) is 30.1 Å². The Labute approximate surface area is 136 Å². The Morgan fingerprint density at radius 2 is 2.00 bits per heavy atom. The van der Waals surface area contributed by atoms with Gasteiger partial charge in [0.05, 0.1) is 4.92 Å². The molecule has 122 valence electrons. The van der Waals surface area contributed by atoms with E-state index in [4.69, 9.17) is 9.15 Å². The largest absolute Gasteiger partial charge is 0.487 e. The number of benzene rings is 2. The molecule has 0 saturated carbocycles. The van der Waals surface area contributed by atoms with Crippen LogP contribution in [0.25, 0.3) is 11.5 Å². The van der Waals surface area contributed by atoms with Crippen molar-refractivity contribution in [3.63, 3.8) is 0 Å². The first kappa shape index (κ1) is 15.7. The molecule has 0 bridgehead atoms. The normalized spacial score (nSPS) is 10.6. The number of nitro benzene ring substituents is 1. The number of ether oxygens (including phenoxy) is 1. The number of oxazole rings is 1. The van der Waals surface area contributed by atoms with Crippen molar-refractivity contribution in [3.05, 3.63) is 75.9 Å². The highest BCUT2D eigenvalue weighted by molar-refractivity contribution is 5.52. The molecule has 3 rings (SSSR count). The van der Waals surface area contributed by atoms with Crippen LogP contribution >= 0.6 is 0 Å². The second kappa shape index (κ2) is 6.49. The molecule has 1 heterocycles. The van der Waals surface area contributed by atoms with Crippen LogP contribution in [0, 0.1) is 22.9 Å². The van der Waals surface area contributed by atoms with E-state index in [1.165, 1.54) is 30.5 Å². The minimum absolute atomic E-state index is 0.0439. The van der Waals surface area contributed by atoms with E-state index in [1.807, 2.05) is 0 Å². The lowest BCUT2D eigenvalue weighted by Crippen LogP contribution is -1.97. The first-order valence-corrected chi connectivity index (χ1v) is 7.11. The highest BCUT2D eigenvalue weighted by Gasteiger charge is 2.12. The van der Waals surface area contributed by atoms with Crippen molar-refractivity contribution in [1.82, 2.24) is 4.98 Å². The molecule has 2 aromatic carbocycles. The Morgan fingerprint density at radius 3 is 2.67 bits per heavy atom. The van der Waals surface area contributed by atoms with E-state index in [1.54, 1.807) is 25.1 Å². The van der Waals surface area contributed by atoms with Crippen LogP contribution in [0.5, 0.6) is 5.75 Å². The predicted molar refractivity (Wildman–Crippen MR) is 84.1 cm³/mol. The molecule has 0 fully saturated rings. The highest BCUT2D eigenvalue weighted by Crippen LogP contribution is 2.24. The molecule has 0 saturated heterocycles. The van der Waals surface area contributed by atoms with Gasteiger partial charge >= 0.3 is 0 Å². The minimum Gasteiger partial charge on any atom is -0.487 e. The summed E-state index contributed by atoms with van der Waals surface area (Å²) in [6.07, 6.45) is 1.46. The van der Waals surface area contributed by atoms with Crippen molar-refractivity contribution in [3.8, 4) is 17.2 Å². The van der Waals surface area contributed by atoms with Gasteiger partial charge in [0.2, 0.25) is 5.89 Å².